The lowest BCUT2D eigenvalue weighted by Gasteiger charge is -2.01. The van der Waals surface area contributed by atoms with Crippen molar-refractivity contribution in [3.63, 3.8) is 0 Å². The molecule has 0 bridgehead atoms. The van der Waals surface area contributed by atoms with Gasteiger partial charge in [-0.3, -0.25) is 4.79 Å². The Balaban J connectivity index is 1.66. The average molecular weight is 346 g/mol. The van der Waals surface area contributed by atoms with Gasteiger partial charge in [-0.15, -0.1) is 0 Å². The second kappa shape index (κ2) is 6.86. The van der Waals surface area contributed by atoms with Gasteiger partial charge < -0.3 is 4.98 Å². The summed E-state index contributed by atoms with van der Waals surface area (Å²) in [5.41, 5.74) is 5.07. The molecule has 0 spiro atoms. The SMILES string of the molecule is O=C(Cc1c[nH]c2ccccc12)N/N=C\c1cccc(Cl)c1Cl. The predicted octanol–water partition coefficient (Wildman–Crippen LogP) is 4.17. The predicted molar refractivity (Wildman–Crippen MR) is 94.2 cm³/mol. The number of halogens is 2. The fraction of sp³-hybridized carbons (Fsp3) is 0.0588. The second-order valence-corrected chi connectivity index (χ2v) is 5.76. The molecule has 3 rings (SSSR count). The summed E-state index contributed by atoms with van der Waals surface area (Å²) in [7, 11) is 0. The van der Waals surface area contributed by atoms with E-state index < -0.39 is 0 Å². The summed E-state index contributed by atoms with van der Waals surface area (Å²) < 4.78 is 0. The van der Waals surface area contributed by atoms with Gasteiger partial charge in [0.05, 0.1) is 22.7 Å². The van der Waals surface area contributed by atoms with Crippen molar-refractivity contribution in [1.29, 1.82) is 0 Å². The number of rotatable bonds is 4. The number of amides is 1. The van der Waals surface area contributed by atoms with Crippen LogP contribution in [0.5, 0.6) is 0 Å². The van der Waals surface area contributed by atoms with Gasteiger partial charge in [-0.25, -0.2) is 5.43 Å². The Morgan fingerprint density at radius 2 is 2.00 bits per heavy atom. The fourth-order valence-corrected chi connectivity index (χ4v) is 2.64. The minimum absolute atomic E-state index is 0.204. The number of H-pyrrole nitrogens is 1. The molecule has 0 aliphatic heterocycles. The molecule has 0 saturated carbocycles. The van der Waals surface area contributed by atoms with E-state index in [1.54, 1.807) is 18.2 Å². The van der Waals surface area contributed by atoms with E-state index in [4.69, 9.17) is 23.2 Å². The normalized spacial score (nSPS) is 11.2. The van der Waals surface area contributed by atoms with Gasteiger partial charge in [-0.1, -0.05) is 53.5 Å². The number of nitrogens with one attached hydrogen (secondary N) is 2. The number of benzene rings is 2. The van der Waals surface area contributed by atoms with Crippen LogP contribution in [0.2, 0.25) is 10.0 Å². The van der Waals surface area contributed by atoms with Gasteiger partial charge in [0.15, 0.2) is 0 Å². The number of hydrazone groups is 1. The molecule has 1 aromatic heterocycles. The molecular formula is C17H13Cl2N3O. The summed E-state index contributed by atoms with van der Waals surface area (Å²) >= 11 is 12.0. The number of hydrogen-bond acceptors (Lipinski definition) is 2. The first-order chi connectivity index (χ1) is 11.1. The van der Waals surface area contributed by atoms with Crippen molar-refractivity contribution in [2.45, 2.75) is 6.42 Å². The minimum atomic E-state index is -0.204. The van der Waals surface area contributed by atoms with Crippen molar-refractivity contribution in [3.05, 3.63) is 69.8 Å². The van der Waals surface area contributed by atoms with Crippen molar-refractivity contribution in [2.75, 3.05) is 0 Å². The first-order valence-electron chi connectivity index (χ1n) is 6.96. The van der Waals surface area contributed by atoms with Crippen molar-refractivity contribution in [1.82, 2.24) is 10.4 Å². The zero-order valence-electron chi connectivity index (χ0n) is 12.0. The number of aromatic nitrogens is 1. The number of nitrogens with zero attached hydrogens (tertiary/aromatic N) is 1. The molecule has 0 aliphatic carbocycles. The molecule has 23 heavy (non-hydrogen) atoms. The highest BCUT2D eigenvalue weighted by Crippen LogP contribution is 2.24. The van der Waals surface area contributed by atoms with Gasteiger partial charge in [-0.2, -0.15) is 5.10 Å². The Labute approximate surface area is 143 Å². The van der Waals surface area contributed by atoms with Crippen LogP contribution in [0.4, 0.5) is 0 Å². The zero-order chi connectivity index (χ0) is 16.2. The van der Waals surface area contributed by atoms with Crippen molar-refractivity contribution in [2.24, 2.45) is 5.10 Å². The summed E-state index contributed by atoms with van der Waals surface area (Å²) in [6.07, 6.45) is 3.55. The van der Waals surface area contributed by atoms with Crippen molar-refractivity contribution < 1.29 is 4.79 Å². The molecule has 2 aromatic carbocycles. The maximum absolute atomic E-state index is 12.0. The van der Waals surface area contributed by atoms with Crippen LogP contribution in [0.1, 0.15) is 11.1 Å². The highest BCUT2D eigenvalue weighted by Gasteiger charge is 2.08. The smallest absolute Gasteiger partial charge is 0.244 e. The van der Waals surface area contributed by atoms with Gasteiger partial charge in [0, 0.05) is 22.7 Å². The Morgan fingerprint density at radius 1 is 1.17 bits per heavy atom. The van der Waals surface area contributed by atoms with Gasteiger partial charge in [0.25, 0.3) is 0 Å². The monoisotopic (exact) mass is 345 g/mol. The Morgan fingerprint density at radius 3 is 2.87 bits per heavy atom. The Kier molecular flexibility index (Phi) is 4.65. The highest BCUT2D eigenvalue weighted by atomic mass is 35.5. The Hall–Kier alpha value is -2.30. The molecule has 6 heteroatoms. The molecular weight excluding hydrogens is 333 g/mol. The molecule has 0 unspecified atom stereocenters. The van der Waals surface area contributed by atoms with Gasteiger partial charge in [-0.05, 0) is 17.7 Å². The van der Waals surface area contributed by atoms with Gasteiger partial charge >= 0.3 is 0 Å². The number of hydrogen-bond donors (Lipinski definition) is 2. The number of carbonyl (C=O) groups is 1. The van der Waals surface area contributed by atoms with E-state index in [1.165, 1.54) is 6.21 Å². The van der Waals surface area contributed by atoms with Crippen LogP contribution in [0.3, 0.4) is 0 Å². The first-order valence-corrected chi connectivity index (χ1v) is 7.71. The van der Waals surface area contributed by atoms with Crippen LogP contribution < -0.4 is 5.43 Å². The van der Waals surface area contributed by atoms with E-state index in [2.05, 4.69) is 15.5 Å². The summed E-state index contributed by atoms with van der Waals surface area (Å²) in [5, 5.41) is 5.81. The maximum Gasteiger partial charge on any atom is 0.244 e. The molecule has 0 fully saturated rings. The van der Waals surface area contributed by atoms with E-state index in [0.29, 0.717) is 15.6 Å². The van der Waals surface area contributed by atoms with Crippen LogP contribution in [0.25, 0.3) is 10.9 Å². The van der Waals surface area contributed by atoms with E-state index in [9.17, 15) is 4.79 Å². The quantitative estimate of drug-likeness (QED) is 0.541. The summed E-state index contributed by atoms with van der Waals surface area (Å²) in [4.78, 5) is 15.1. The number of fused-ring (bicyclic) bond motifs is 1. The molecule has 1 amide bonds. The van der Waals surface area contributed by atoms with Crippen LogP contribution in [0.15, 0.2) is 53.8 Å². The zero-order valence-corrected chi connectivity index (χ0v) is 13.5. The lowest BCUT2D eigenvalue weighted by Crippen LogP contribution is -2.19. The molecule has 1 heterocycles. The summed E-state index contributed by atoms with van der Waals surface area (Å²) in [5.74, 6) is -0.204. The number of aromatic amines is 1. The molecule has 116 valence electrons. The number of carbonyl (C=O) groups excluding carboxylic acids is 1. The van der Waals surface area contributed by atoms with E-state index >= 15 is 0 Å². The van der Waals surface area contributed by atoms with Crippen molar-refractivity contribution >= 4 is 46.2 Å². The standard InChI is InChI=1S/C17H13Cl2N3O/c18-14-6-3-4-11(17(14)19)10-21-22-16(23)8-12-9-20-15-7-2-1-5-13(12)15/h1-7,9-10,20H,8H2,(H,22,23)/b21-10-. The first kappa shape index (κ1) is 15.6. The molecule has 0 atom stereocenters. The third-order valence-corrected chi connectivity index (χ3v) is 4.23. The minimum Gasteiger partial charge on any atom is -0.361 e. The highest BCUT2D eigenvalue weighted by molar-refractivity contribution is 6.43. The fourth-order valence-electron chi connectivity index (χ4n) is 2.28. The van der Waals surface area contributed by atoms with Crippen LogP contribution in [0, 0.1) is 0 Å². The number of para-hydroxylation sites is 1. The third kappa shape index (κ3) is 3.55. The van der Waals surface area contributed by atoms with Crippen LogP contribution >= 0.6 is 23.2 Å². The van der Waals surface area contributed by atoms with Gasteiger partial charge in [0.2, 0.25) is 5.91 Å². The lowest BCUT2D eigenvalue weighted by molar-refractivity contribution is -0.120. The summed E-state index contributed by atoms with van der Waals surface area (Å²) in [6.45, 7) is 0. The van der Waals surface area contributed by atoms with Crippen LogP contribution in [-0.2, 0) is 11.2 Å². The average Bonchev–Trinajstić information content (AvgIpc) is 2.95. The molecule has 4 nitrogen and oxygen atoms in total. The van der Waals surface area contributed by atoms with E-state index in [0.717, 1.165) is 16.5 Å². The lowest BCUT2D eigenvalue weighted by atomic mass is 10.1. The molecule has 0 aliphatic rings. The summed E-state index contributed by atoms with van der Waals surface area (Å²) in [6, 6.07) is 13.1. The van der Waals surface area contributed by atoms with Crippen LogP contribution in [-0.4, -0.2) is 17.1 Å². The van der Waals surface area contributed by atoms with Gasteiger partial charge in [0.1, 0.15) is 0 Å². The second-order valence-electron chi connectivity index (χ2n) is 4.97. The molecule has 2 N–H and O–H groups in total. The van der Waals surface area contributed by atoms with Crippen molar-refractivity contribution in [3.8, 4) is 0 Å². The maximum atomic E-state index is 12.0. The molecule has 0 radical (unpaired) electrons. The third-order valence-electron chi connectivity index (χ3n) is 3.40. The molecule has 3 aromatic rings. The van der Waals surface area contributed by atoms with E-state index in [1.807, 2.05) is 30.5 Å². The topological polar surface area (TPSA) is 57.2 Å². The Bertz CT molecular complexity index is 886. The molecule has 0 saturated heterocycles. The largest absolute Gasteiger partial charge is 0.361 e. The van der Waals surface area contributed by atoms with E-state index in [-0.39, 0.29) is 12.3 Å².